The van der Waals surface area contributed by atoms with Crippen LogP contribution in [0, 0.1) is 5.92 Å². The van der Waals surface area contributed by atoms with Crippen molar-refractivity contribution in [2.45, 2.75) is 26.7 Å². The fourth-order valence-corrected chi connectivity index (χ4v) is 1.49. The van der Waals surface area contributed by atoms with Crippen molar-refractivity contribution in [2.75, 3.05) is 0 Å². The summed E-state index contributed by atoms with van der Waals surface area (Å²) in [7, 11) is 0. The summed E-state index contributed by atoms with van der Waals surface area (Å²) < 4.78 is 5.26. The molecule has 2 nitrogen and oxygen atoms in total. The van der Waals surface area contributed by atoms with Gasteiger partial charge < -0.3 is 4.74 Å². The summed E-state index contributed by atoms with van der Waals surface area (Å²) in [5.74, 6) is 0.868. The zero-order chi connectivity index (χ0) is 13.4. The van der Waals surface area contributed by atoms with Gasteiger partial charge in [-0.05, 0) is 24.0 Å². The zero-order valence-corrected chi connectivity index (χ0v) is 11.1. The molecule has 0 saturated heterocycles. The van der Waals surface area contributed by atoms with Crippen LogP contribution in [0.3, 0.4) is 0 Å². The van der Waals surface area contributed by atoms with Crippen LogP contribution in [-0.2, 0) is 9.53 Å². The van der Waals surface area contributed by atoms with Crippen LogP contribution in [0.15, 0.2) is 48.7 Å². The second kappa shape index (κ2) is 7.49. The van der Waals surface area contributed by atoms with Crippen LogP contribution >= 0.6 is 0 Å². The lowest BCUT2D eigenvalue weighted by Crippen LogP contribution is -2.01. The van der Waals surface area contributed by atoms with Gasteiger partial charge in [0.2, 0.25) is 0 Å². The van der Waals surface area contributed by atoms with Crippen molar-refractivity contribution in [3.63, 3.8) is 0 Å². The SMILES string of the molecule is C=CC(=O)OC(=Cc1ccccc1)CCC(C)C. The van der Waals surface area contributed by atoms with Gasteiger partial charge in [0.1, 0.15) is 5.76 Å². The molecular weight excluding hydrogens is 224 g/mol. The summed E-state index contributed by atoms with van der Waals surface area (Å²) in [6.07, 6.45) is 4.84. The Balaban J connectivity index is 2.78. The lowest BCUT2D eigenvalue weighted by molar-refractivity contribution is -0.133. The van der Waals surface area contributed by atoms with E-state index in [4.69, 9.17) is 4.74 Å². The fourth-order valence-electron chi connectivity index (χ4n) is 1.49. The van der Waals surface area contributed by atoms with Gasteiger partial charge in [-0.25, -0.2) is 4.79 Å². The zero-order valence-electron chi connectivity index (χ0n) is 11.1. The van der Waals surface area contributed by atoms with Crippen LogP contribution in [0.1, 0.15) is 32.3 Å². The summed E-state index contributed by atoms with van der Waals surface area (Å²) in [4.78, 5) is 11.3. The Bertz CT molecular complexity index is 416. The molecule has 0 spiro atoms. The number of carbonyl (C=O) groups excluding carboxylic acids is 1. The van der Waals surface area contributed by atoms with E-state index >= 15 is 0 Å². The van der Waals surface area contributed by atoms with Crippen molar-refractivity contribution in [2.24, 2.45) is 5.92 Å². The molecule has 1 aromatic rings. The van der Waals surface area contributed by atoms with E-state index in [1.807, 2.05) is 36.4 Å². The topological polar surface area (TPSA) is 26.3 Å². The predicted molar refractivity (Wildman–Crippen MR) is 74.8 cm³/mol. The first kappa shape index (κ1) is 14.2. The van der Waals surface area contributed by atoms with Crippen LogP contribution in [0.2, 0.25) is 0 Å². The van der Waals surface area contributed by atoms with Gasteiger partial charge in [0.25, 0.3) is 0 Å². The minimum Gasteiger partial charge on any atom is -0.428 e. The molecule has 0 aliphatic rings. The number of allylic oxidation sites excluding steroid dienone is 1. The number of esters is 1. The van der Waals surface area contributed by atoms with E-state index in [0.29, 0.717) is 11.7 Å². The Hall–Kier alpha value is -1.83. The second-order valence-corrected chi connectivity index (χ2v) is 4.58. The fraction of sp³-hybridized carbons (Fsp3) is 0.312. The van der Waals surface area contributed by atoms with Gasteiger partial charge in [0.05, 0.1) is 0 Å². The van der Waals surface area contributed by atoms with E-state index in [0.717, 1.165) is 18.4 Å². The van der Waals surface area contributed by atoms with Gasteiger partial charge in [-0.3, -0.25) is 0 Å². The van der Waals surface area contributed by atoms with Gasteiger partial charge in [0, 0.05) is 12.5 Å². The normalized spacial score (nSPS) is 11.4. The molecule has 2 heteroatoms. The lowest BCUT2D eigenvalue weighted by Gasteiger charge is -2.09. The van der Waals surface area contributed by atoms with E-state index in [9.17, 15) is 4.79 Å². The van der Waals surface area contributed by atoms with Crippen LogP contribution in [0.4, 0.5) is 0 Å². The van der Waals surface area contributed by atoms with Crippen molar-refractivity contribution >= 4 is 12.0 Å². The highest BCUT2D eigenvalue weighted by molar-refractivity contribution is 5.82. The smallest absolute Gasteiger partial charge is 0.335 e. The Labute approximate surface area is 109 Å². The molecule has 1 rings (SSSR count). The Morgan fingerprint density at radius 2 is 2.00 bits per heavy atom. The average Bonchev–Trinajstić information content (AvgIpc) is 2.37. The molecule has 0 aromatic heterocycles. The summed E-state index contributed by atoms with van der Waals surface area (Å²) in [6, 6.07) is 9.84. The first-order chi connectivity index (χ1) is 8.61. The quantitative estimate of drug-likeness (QED) is 0.426. The van der Waals surface area contributed by atoms with Crippen LogP contribution in [0.25, 0.3) is 6.08 Å². The maximum Gasteiger partial charge on any atom is 0.335 e. The highest BCUT2D eigenvalue weighted by Gasteiger charge is 2.05. The minimum atomic E-state index is -0.402. The maximum atomic E-state index is 11.3. The molecule has 0 N–H and O–H groups in total. The molecule has 18 heavy (non-hydrogen) atoms. The third-order valence-electron chi connectivity index (χ3n) is 2.49. The maximum absolute atomic E-state index is 11.3. The first-order valence-corrected chi connectivity index (χ1v) is 6.21. The number of benzene rings is 1. The van der Waals surface area contributed by atoms with E-state index in [-0.39, 0.29) is 0 Å². The van der Waals surface area contributed by atoms with Crippen molar-refractivity contribution in [1.82, 2.24) is 0 Å². The molecule has 0 fully saturated rings. The third-order valence-corrected chi connectivity index (χ3v) is 2.49. The molecule has 0 radical (unpaired) electrons. The van der Waals surface area contributed by atoms with Crippen molar-refractivity contribution < 1.29 is 9.53 Å². The molecule has 0 atom stereocenters. The van der Waals surface area contributed by atoms with Crippen LogP contribution in [0.5, 0.6) is 0 Å². The molecule has 96 valence electrons. The number of rotatable bonds is 6. The molecule has 0 heterocycles. The first-order valence-electron chi connectivity index (χ1n) is 6.21. The molecule has 0 bridgehead atoms. The summed E-state index contributed by atoms with van der Waals surface area (Å²) >= 11 is 0. The van der Waals surface area contributed by atoms with Crippen molar-refractivity contribution in [3.05, 3.63) is 54.3 Å². The van der Waals surface area contributed by atoms with Crippen molar-refractivity contribution in [1.29, 1.82) is 0 Å². The number of hydrogen-bond donors (Lipinski definition) is 0. The Kier molecular flexibility index (Phi) is 5.92. The van der Waals surface area contributed by atoms with Gasteiger partial charge in [-0.15, -0.1) is 0 Å². The molecule has 0 aliphatic carbocycles. The van der Waals surface area contributed by atoms with Gasteiger partial charge >= 0.3 is 5.97 Å². The van der Waals surface area contributed by atoms with Crippen molar-refractivity contribution in [3.8, 4) is 0 Å². The lowest BCUT2D eigenvalue weighted by atomic mass is 10.1. The van der Waals surface area contributed by atoms with Crippen LogP contribution in [-0.4, -0.2) is 5.97 Å². The van der Waals surface area contributed by atoms with Gasteiger partial charge in [0.15, 0.2) is 0 Å². The monoisotopic (exact) mass is 244 g/mol. The van der Waals surface area contributed by atoms with E-state index < -0.39 is 5.97 Å². The standard InChI is InChI=1S/C16H20O2/c1-4-16(17)18-15(11-10-13(2)3)12-14-8-6-5-7-9-14/h4-9,12-13H,1,10-11H2,2-3H3. The van der Waals surface area contributed by atoms with Gasteiger partial charge in [-0.2, -0.15) is 0 Å². The van der Waals surface area contributed by atoms with Gasteiger partial charge in [-0.1, -0.05) is 50.8 Å². The highest BCUT2D eigenvalue weighted by Crippen LogP contribution is 2.16. The Morgan fingerprint density at radius 3 is 2.56 bits per heavy atom. The molecule has 1 aromatic carbocycles. The molecular formula is C16H20O2. The molecule has 0 amide bonds. The van der Waals surface area contributed by atoms with Crippen LogP contribution < -0.4 is 0 Å². The number of ether oxygens (including phenoxy) is 1. The summed E-state index contributed by atoms with van der Waals surface area (Å²) in [5.41, 5.74) is 1.04. The molecule has 0 aliphatic heterocycles. The third kappa shape index (κ3) is 5.48. The number of carbonyl (C=O) groups is 1. The second-order valence-electron chi connectivity index (χ2n) is 4.58. The largest absolute Gasteiger partial charge is 0.428 e. The highest BCUT2D eigenvalue weighted by atomic mass is 16.5. The average molecular weight is 244 g/mol. The molecule has 0 unspecified atom stereocenters. The van der Waals surface area contributed by atoms with E-state index in [2.05, 4.69) is 20.4 Å². The summed E-state index contributed by atoms with van der Waals surface area (Å²) in [6.45, 7) is 7.71. The van der Waals surface area contributed by atoms with E-state index in [1.165, 1.54) is 6.08 Å². The summed E-state index contributed by atoms with van der Waals surface area (Å²) in [5, 5.41) is 0. The molecule has 0 saturated carbocycles. The van der Waals surface area contributed by atoms with E-state index in [1.54, 1.807) is 0 Å². The Morgan fingerprint density at radius 1 is 1.33 bits per heavy atom. The number of hydrogen-bond acceptors (Lipinski definition) is 2. The predicted octanol–water partition coefficient (Wildman–Crippen LogP) is 4.19. The minimum absolute atomic E-state index is 0.402.